The van der Waals surface area contributed by atoms with Crippen molar-refractivity contribution in [2.75, 3.05) is 55.9 Å². The van der Waals surface area contributed by atoms with Crippen LogP contribution in [0, 0.1) is 41.4 Å². The lowest BCUT2D eigenvalue weighted by atomic mass is 9.91. The number of hydrogen-bond acceptors (Lipinski definition) is 13. The molecule has 13 atom stereocenters. The van der Waals surface area contributed by atoms with Gasteiger partial charge in [0, 0.05) is 49.3 Å². The third-order valence-electron chi connectivity index (χ3n) is 16.0. The molecule has 1 fully saturated rings. The zero-order valence-electron chi connectivity index (χ0n) is 55.8. The summed E-state index contributed by atoms with van der Waals surface area (Å²) in [6.45, 7) is 26.8. The van der Waals surface area contributed by atoms with Crippen molar-refractivity contribution in [1.29, 1.82) is 0 Å². The maximum Gasteiger partial charge on any atom is 0.246 e. The van der Waals surface area contributed by atoms with Gasteiger partial charge in [0.05, 0.1) is 12.6 Å². The zero-order valence-corrected chi connectivity index (χ0v) is 57.0. The number of nitrogens with zero attached hydrogens (tertiary/aromatic N) is 7. The molecule has 24 nitrogen and oxygen atoms in total. The molecule has 1 heterocycles. The first-order valence-corrected chi connectivity index (χ1v) is 30.9. The van der Waals surface area contributed by atoms with Crippen molar-refractivity contribution in [2.45, 2.75) is 209 Å². The molecule has 1 rings (SSSR count). The van der Waals surface area contributed by atoms with E-state index in [0.29, 0.717) is 0 Å². The van der Waals surface area contributed by atoms with Gasteiger partial charge in [0.1, 0.15) is 60.4 Å². The van der Waals surface area contributed by atoms with Crippen LogP contribution in [0.5, 0.6) is 0 Å². The molecule has 5 N–H and O–H groups in total. The van der Waals surface area contributed by atoms with Gasteiger partial charge in [0.15, 0.2) is 5.52 Å². The quantitative estimate of drug-likeness (QED) is 0.116. The summed E-state index contributed by atoms with van der Waals surface area (Å²) in [6.07, 6.45) is 1.61. The van der Waals surface area contributed by atoms with Crippen LogP contribution in [0.15, 0.2) is 12.2 Å². The smallest absolute Gasteiger partial charge is 0.246 e. The molecule has 0 aromatic carbocycles. The van der Waals surface area contributed by atoms with E-state index in [1.807, 2.05) is 50.8 Å². The van der Waals surface area contributed by atoms with Gasteiger partial charge in [-0.25, -0.2) is 0 Å². The number of likely N-dealkylation sites (N-methyl/N-ethyl adjacent to an activating group) is 7. The Morgan fingerprint density at radius 1 is 0.500 bits per heavy atom. The van der Waals surface area contributed by atoms with E-state index < -0.39 is 162 Å². The van der Waals surface area contributed by atoms with E-state index in [2.05, 4.69) is 21.3 Å². The highest BCUT2D eigenvalue weighted by Crippen LogP contribution is 2.26. The monoisotopic (exact) mass is 1230 g/mol. The summed E-state index contributed by atoms with van der Waals surface area (Å²) in [4.78, 5) is 180. The van der Waals surface area contributed by atoms with Gasteiger partial charge in [0.2, 0.25) is 65.0 Å². The van der Waals surface area contributed by atoms with Crippen molar-refractivity contribution in [3.8, 4) is 0 Å². The molecule has 1 aliphatic rings. The molecule has 0 aliphatic carbocycles. The van der Waals surface area contributed by atoms with Gasteiger partial charge < -0.3 is 60.7 Å². The van der Waals surface area contributed by atoms with Gasteiger partial charge >= 0.3 is 0 Å². The Labute approximate surface area is 515 Å². The summed E-state index contributed by atoms with van der Waals surface area (Å²) in [6, 6.07) is -12.7. The number of nitrogens with one attached hydrogen (secondary N) is 4. The van der Waals surface area contributed by atoms with Crippen LogP contribution >= 0.6 is 9.24 Å². The van der Waals surface area contributed by atoms with E-state index in [-0.39, 0.29) is 55.4 Å². The van der Waals surface area contributed by atoms with Crippen molar-refractivity contribution in [1.82, 2.24) is 55.6 Å². The molecule has 1 aliphatic heterocycles. The van der Waals surface area contributed by atoms with E-state index in [4.69, 9.17) is 0 Å². The SMILES string of the molecule is CC[C@@H]1NC(=O)C([C@H](O)[C@H](C)CC=CC(=O)P)N(C)C(=O)[C@H](C(C)C)N(C)C(=O)[C@H](CC(C)C)N(C)C(=O)C(C(C)C)N(C)C(=O)[C@H](C)NC(=O)[C@H](C)NC(=O)[C@H](CC(C)C)N(C)C(=O)[C@H](C(C)C)NC(=O)[C@H](CC(C)C)N(C)C(=O)CN(C)C1=O. The molecular weight excluding hydrogens is 1130 g/mol. The van der Waals surface area contributed by atoms with Gasteiger partial charge in [-0.1, -0.05) is 112 Å². The number of rotatable bonds is 15. The summed E-state index contributed by atoms with van der Waals surface area (Å²) in [5.74, 6) is -10.7. The number of hydrogen-bond donors (Lipinski definition) is 5. The standard InChI is InChI=1S/C61H108N11O13P/c1-24-41-57(81)66(17)31-45(73)67(18)42(28-32(2)3)54(78)65-47(35(8)9)59(83)68(19)43(29-33(4)5)53(77)62-39(15)52(76)63-40(16)56(80)70(21)48(36(10)11)60(84)69(20)44(30-34(6)7)58(82)71(22)49(37(12)13)61(85)72(23)50(55(79)64-41)51(75)38(14)26-25-27-46(74)86/h25,27,32-44,47-51,75H,24,26,28-31,86H2,1-23H3,(H,62,77)(H,63,76)(H,64,79)(H,65,78)/t38-,39+,40+,41+,42+,43+,44+,47+,48?,49+,50?,51-/m1/s1. The highest BCUT2D eigenvalue weighted by Gasteiger charge is 2.46. The van der Waals surface area contributed by atoms with Crippen molar-refractivity contribution >= 4 is 79.7 Å². The van der Waals surface area contributed by atoms with E-state index in [1.54, 1.807) is 55.4 Å². The Morgan fingerprint density at radius 3 is 1.37 bits per heavy atom. The number of allylic oxidation sites excluding steroid dienone is 2. The number of aliphatic hydroxyl groups is 1. The molecular formula is C61H108N11O13P. The van der Waals surface area contributed by atoms with E-state index in [1.165, 1.54) is 99.8 Å². The molecule has 0 radical (unpaired) electrons. The average molecular weight is 1230 g/mol. The van der Waals surface area contributed by atoms with E-state index >= 15 is 9.59 Å². The Balaban J connectivity index is 4.33. The highest BCUT2D eigenvalue weighted by molar-refractivity contribution is 7.41. The maximum atomic E-state index is 15.1. The first-order valence-electron chi connectivity index (χ1n) is 30.3. The Morgan fingerprint density at radius 2 is 0.919 bits per heavy atom. The number of carbonyl (C=O) groups is 12. The third-order valence-corrected chi connectivity index (χ3v) is 16.2. The fraction of sp³-hybridized carbons (Fsp3) is 0.770. The minimum Gasteiger partial charge on any atom is -0.390 e. The number of amides is 11. The fourth-order valence-corrected chi connectivity index (χ4v) is 10.8. The van der Waals surface area contributed by atoms with Crippen LogP contribution in [0.1, 0.15) is 143 Å². The van der Waals surface area contributed by atoms with Gasteiger partial charge in [-0.3, -0.25) is 57.5 Å². The zero-order chi connectivity index (χ0) is 66.8. The van der Waals surface area contributed by atoms with Crippen molar-refractivity contribution in [3.05, 3.63) is 12.2 Å². The topological polar surface area (TPSA) is 296 Å². The second-order valence-electron chi connectivity index (χ2n) is 25.9. The van der Waals surface area contributed by atoms with Crippen molar-refractivity contribution in [3.63, 3.8) is 0 Å². The van der Waals surface area contributed by atoms with Crippen LogP contribution in [-0.2, 0) is 57.5 Å². The highest BCUT2D eigenvalue weighted by atomic mass is 31.0. The second-order valence-corrected chi connectivity index (χ2v) is 26.4. The molecule has 1 saturated heterocycles. The van der Waals surface area contributed by atoms with E-state index in [9.17, 15) is 53.1 Å². The minimum atomic E-state index is -1.71. The van der Waals surface area contributed by atoms with Crippen LogP contribution in [0.3, 0.4) is 0 Å². The second kappa shape index (κ2) is 35.1. The predicted octanol–water partition coefficient (Wildman–Crippen LogP) is 2.26. The lowest BCUT2D eigenvalue weighted by Crippen LogP contribution is -2.63. The molecule has 0 saturated carbocycles. The predicted molar refractivity (Wildman–Crippen MR) is 333 cm³/mol. The van der Waals surface area contributed by atoms with Crippen LogP contribution in [0.25, 0.3) is 0 Å². The lowest BCUT2D eigenvalue weighted by molar-refractivity contribution is -0.158. The van der Waals surface area contributed by atoms with Gasteiger partial charge in [-0.2, -0.15) is 0 Å². The maximum absolute atomic E-state index is 15.1. The van der Waals surface area contributed by atoms with Crippen LogP contribution < -0.4 is 21.3 Å². The third kappa shape index (κ3) is 21.7. The van der Waals surface area contributed by atoms with Crippen LogP contribution in [0.2, 0.25) is 0 Å². The normalized spacial score (nSPS) is 26.7. The summed E-state index contributed by atoms with van der Waals surface area (Å²) < 4.78 is 0. The molecule has 0 aromatic rings. The summed E-state index contributed by atoms with van der Waals surface area (Å²) in [7, 11) is 11.7. The number of aliphatic hydroxyl groups excluding tert-OH is 1. The molecule has 0 aromatic heterocycles. The summed E-state index contributed by atoms with van der Waals surface area (Å²) >= 11 is 0. The molecule has 25 heteroatoms. The minimum absolute atomic E-state index is 0.0187. The molecule has 3 unspecified atom stereocenters. The average Bonchev–Trinajstić information content (AvgIpc) is 1.39. The summed E-state index contributed by atoms with van der Waals surface area (Å²) in [5.41, 5.74) is -0.343. The first-order chi connectivity index (χ1) is 39.6. The Hall–Kier alpha value is -6.03. The first kappa shape index (κ1) is 78.0. The van der Waals surface area contributed by atoms with Gasteiger partial charge in [-0.15, -0.1) is 0 Å². The molecule has 0 bridgehead atoms. The Kier molecular flexibility index (Phi) is 31.8. The molecule has 86 heavy (non-hydrogen) atoms. The Bertz CT molecular complexity index is 2420. The van der Waals surface area contributed by atoms with Crippen molar-refractivity contribution in [2.24, 2.45) is 41.4 Å². The molecule has 11 amide bonds. The lowest BCUT2D eigenvalue weighted by Gasteiger charge is -2.42. The van der Waals surface area contributed by atoms with Gasteiger partial charge in [-0.05, 0) is 93.5 Å². The molecule has 0 spiro atoms. The van der Waals surface area contributed by atoms with E-state index in [0.717, 1.165) is 9.80 Å². The van der Waals surface area contributed by atoms with Crippen molar-refractivity contribution < 1.29 is 62.6 Å². The van der Waals surface area contributed by atoms with Gasteiger partial charge in [0.25, 0.3) is 0 Å². The van der Waals surface area contributed by atoms with Crippen LogP contribution in [0.4, 0.5) is 0 Å². The largest absolute Gasteiger partial charge is 0.390 e. The summed E-state index contributed by atoms with van der Waals surface area (Å²) in [5, 5.41) is 23.0. The molecule has 490 valence electrons. The number of carbonyl (C=O) groups excluding carboxylic acids is 12. The van der Waals surface area contributed by atoms with Crippen LogP contribution in [-0.4, -0.2) is 232 Å². The fourth-order valence-electron chi connectivity index (χ4n) is 10.7.